The summed E-state index contributed by atoms with van der Waals surface area (Å²) in [6.45, 7) is 0. The van der Waals surface area contributed by atoms with Gasteiger partial charge in [-0.15, -0.1) is 0 Å². The highest BCUT2D eigenvalue weighted by atomic mass is 19.1. The summed E-state index contributed by atoms with van der Waals surface area (Å²) in [6.07, 6.45) is 1.28. The van der Waals surface area contributed by atoms with Crippen LogP contribution in [0.2, 0.25) is 0 Å². The van der Waals surface area contributed by atoms with Crippen LogP contribution in [0.5, 0.6) is 5.75 Å². The third kappa shape index (κ3) is 4.08. The molecule has 3 aromatic rings. The van der Waals surface area contributed by atoms with Crippen molar-refractivity contribution in [3.05, 3.63) is 72.4 Å². The lowest BCUT2D eigenvalue weighted by Gasteiger charge is -2.10. The van der Waals surface area contributed by atoms with Crippen LogP contribution < -0.4 is 15.4 Å². The Labute approximate surface area is 143 Å². The first kappa shape index (κ1) is 16.4. The van der Waals surface area contributed by atoms with Crippen LogP contribution in [-0.4, -0.2) is 23.0 Å². The van der Waals surface area contributed by atoms with Crippen molar-refractivity contribution in [2.24, 2.45) is 0 Å². The molecule has 1 heterocycles. The second kappa shape index (κ2) is 7.39. The lowest BCUT2D eigenvalue weighted by Crippen LogP contribution is -2.14. The number of nitrogens with zero attached hydrogens (tertiary/aromatic N) is 2. The van der Waals surface area contributed by atoms with Gasteiger partial charge in [0.2, 0.25) is 0 Å². The molecule has 0 saturated carbocycles. The number of hydrogen-bond acceptors (Lipinski definition) is 5. The van der Waals surface area contributed by atoms with E-state index in [2.05, 4.69) is 20.6 Å². The van der Waals surface area contributed by atoms with Crippen molar-refractivity contribution in [2.45, 2.75) is 0 Å². The van der Waals surface area contributed by atoms with Crippen molar-refractivity contribution in [3.63, 3.8) is 0 Å². The Morgan fingerprint density at radius 2 is 1.92 bits per heavy atom. The van der Waals surface area contributed by atoms with Crippen molar-refractivity contribution >= 4 is 23.1 Å². The van der Waals surface area contributed by atoms with E-state index in [1.165, 1.54) is 30.6 Å². The van der Waals surface area contributed by atoms with E-state index in [-0.39, 0.29) is 5.69 Å². The number of carbonyl (C=O) groups excluding carboxylic acids is 1. The van der Waals surface area contributed by atoms with E-state index in [1.54, 1.807) is 19.2 Å². The van der Waals surface area contributed by atoms with Gasteiger partial charge in [-0.05, 0) is 30.3 Å². The smallest absolute Gasteiger partial charge is 0.274 e. The van der Waals surface area contributed by atoms with Gasteiger partial charge in [-0.1, -0.05) is 18.2 Å². The van der Waals surface area contributed by atoms with E-state index in [0.717, 1.165) is 0 Å². The predicted molar refractivity (Wildman–Crippen MR) is 92.7 cm³/mol. The van der Waals surface area contributed by atoms with Gasteiger partial charge < -0.3 is 15.4 Å². The van der Waals surface area contributed by atoms with E-state index < -0.39 is 11.7 Å². The van der Waals surface area contributed by atoms with Crippen LogP contribution in [0.3, 0.4) is 0 Å². The lowest BCUT2D eigenvalue weighted by atomic mass is 10.2. The van der Waals surface area contributed by atoms with Crippen LogP contribution in [-0.2, 0) is 0 Å². The summed E-state index contributed by atoms with van der Waals surface area (Å²) >= 11 is 0. The number of halogens is 1. The van der Waals surface area contributed by atoms with Gasteiger partial charge in [0.15, 0.2) is 0 Å². The fourth-order valence-corrected chi connectivity index (χ4v) is 2.20. The van der Waals surface area contributed by atoms with Crippen molar-refractivity contribution in [1.82, 2.24) is 9.97 Å². The summed E-state index contributed by atoms with van der Waals surface area (Å²) in [6, 6.07) is 14.5. The predicted octanol–water partition coefficient (Wildman–Crippen LogP) is 3.62. The number of carbonyl (C=O) groups is 1. The van der Waals surface area contributed by atoms with Gasteiger partial charge in [0, 0.05) is 11.8 Å². The second-order valence-corrected chi connectivity index (χ2v) is 5.08. The van der Waals surface area contributed by atoms with Gasteiger partial charge >= 0.3 is 0 Å². The highest BCUT2D eigenvalue weighted by Crippen LogP contribution is 2.26. The summed E-state index contributed by atoms with van der Waals surface area (Å²) in [7, 11) is 1.57. The first-order chi connectivity index (χ1) is 12.2. The molecule has 0 atom stereocenters. The highest BCUT2D eigenvalue weighted by Gasteiger charge is 2.11. The first-order valence-corrected chi connectivity index (χ1v) is 7.45. The molecule has 0 radical (unpaired) electrons. The SMILES string of the molecule is COc1ccccc1Nc1cc(C(=O)Nc2cccc(F)c2)ncn1. The quantitative estimate of drug-likeness (QED) is 0.743. The summed E-state index contributed by atoms with van der Waals surface area (Å²) in [5.74, 6) is 0.186. The van der Waals surface area contributed by atoms with E-state index in [0.29, 0.717) is 22.9 Å². The number of para-hydroxylation sites is 2. The zero-order valence-corrected chi connectivity index (χ0v) is 13.4. The molecule has 0 spiro atoms. The van der Waals surface area contributed by atoms with Crippen molar-refractivity contribution in [2.75, 3.05) is 17.7 Å². The molecule has 0 bridgehead atoms. The monoisotopic (exact) mass is 338 g/mol. The van der Waals surface area contributed by atoms with Gasteiger partial charge in [-0.25, -0.2) is 14.4 Å². The third-order valence-corrected chi connectivity index (χ3v) is 3.35. The van der Waals surface area contributed by atoms with Crippen LogP contribution in [0.1, 0.15) is 10.5 Å². The molecule has 1 aromatic heterocycles. The molecule has 0 aliphatic heterocycles. The van der Waals surface area contributed by atoms with E-state index in [4.69, 9.17) is 4.74 Å². The molecule has 7 heteroatoms. The molecule has 3 rings (SSSR count). The Kier molecular flexibility index (Phi) is 4.84. The van der Waals surface area contributed by atoms with Crippen LogP contribution in [0, 0.1) is 5.82 Å². The molecule has 0 fully saturated rings. The number of benzene rings is 2. The molecule has 1 amide bonds. The number of methoxy groups -OCH3 is 1. The fraction of sp³-hybridized carbons (Fsp3) is 0.0556. The number of hydrogen-bond donors (Lipinski definition) is 2. The molecule has 126 valence electrons. The molecule has 0 aliphatic rings. The molecule has 25 heavy (non-hydrogen) atoms. The number of ether oxygens (including phenoxy) is 1. The summed E-state index contributed by atoms with van der Waals surface area (Å²) in [4.78, 5) is 20.3. The van der Waals surface area contributed by atoms with Crippen LogP contribution >= 0.6 is 0 Å². The number of rotatable bonds is 5. The fourth-order valence-electron chi connectivity index (χ4n) is 2.20. The molecular weight excluding hydrogens is 323 g/mol. The van der Waals surface area contributed by atoms with E-state index >= 15 is 0 Å². The number of anilines is 3. The maximum atomic E-state index is 13.2. The Morgan fingerprint density at radius 3 is 2.72 bits per heavy atom. The van der Waals surface area contributed by atoms with E-state index in [1.807, 2.05) is 18.2 Å². The summed E-state index contributed by atoms with van der Waals surface area (Å²) in [5, 5.41) is 5.67. The topological polar surface area (TPSA) is 76.1 Å². The average molecular weight is 338 g/mol. The van der Waals surface area contributed by atoms with Gasteiger partial charge in [0.25, 0.3) is 5.91 Å². The van der Waals surface area contributed by atoms with Gasteiger partial charge in [-0.3, -0.25) is 4.79 Å². The average Bonchev–Trinajstić information content (AvgIpc) is 2.62. The second-order valence-electron chi connectivity index (χ2n) is 5.08. The maximum Gasteiger partial charge on any atom is 0.274 e. The maximum absolute atomic E-state index is 13.2. The Morgan fingerprint density at radius 1 is 1.08 bits per heavy atom. The van der Waals surface area contributed by atoms with Crippen molar-refractivity contribution in [1.29, 1.82) is 0 Å². The molecule has 2 N–H and O–H groups in total. The molecule has 0 unspecified atom stereocenters. The minimum atomic E-state index is -0.462. The number of nitrogens with one attached hydrogen (secondary N) is 2. The van der Waals surface area contributed by atoms with Gasteiger partial charge in [-0.2, -0.15) is 0 Å². The minimum absolute atomic E-state index is 0.150. The Balaban J connectivity index is 1.78. The third-order valence-electron chi connectivity index (χ3n) is 3.35. The van der Waals surface area contributed by atoms with Crippen LogP contribution in [0.15, 0.2) is 60.9 Å². The molecule has 6 nitrogen and oxygen atoms in total. The van der Waals surface area contributed by atoms with Gasteiger partial charge in [0.05, 0.1) is 12.8 Å². The molecular formula is C18H15FN4O2. The van der Waals surface area contributed by atoms with E-state index in [9.17, 15) is 9.18 Å². The number of aromatic nitrogens is 2. The normalized spacial score (nSPS) is 10.2. The largest absolute Gasteiger partial charge is 0.495 e. The Bertz CT molecular complexity index is 902. The number of amides is 1. The van der Waals surface area contributed by atoms with Crippen LogP contribution in [0.4, 0.5) is 21.6 Å². The zero-order chi connectivity index (χ0) is 17.6. The first-order valence-electron chi connectivity index (χ1n) is 7.45. The summed E-state index contributed by atoms with van der Waals surface area (Å²) < 4.78 is 18.5. The highest BCUT2D eigenvalue weighted by molar-refractivity contribution is 6.03. The minimum Gasteiger partial charge on any atom is -0.495 e. The lowest BCUT2D eigenvalue weighted by molar-refractivity contribution is 0.102. The van der Waals surface area contributed by atoms with Crippen molar-refractivity contribution < 1.29 is 13.9 Å². The summed E-state index contributed by atoms with van der Waals surface area (Å²) in [5.41, 5.74) is 1.21. The van der Waals surface area contributed by atoms with Gasteiger partial charge in [0.1, 0.15) is 29.4 Å². The molecule has 0 aliphatic carbocycles. The zero-order valence-electron chi connectivity index (χ0n) is 13.4. The standard InChI is InChI=1S/C18H15FN4O2/c1-25-16-8-3-2-7-14(16)23-17-10-15(20-11-21-17)18(24)22-13-6-4-5-12(19)9-13/h2-11H,1H3,(H,22,24)(H,20,21,23). The Hall–Kier alpha value is -3.48. The van der Waals surface area contributed by atoms with Crippen LogP contribution in [0.25, 0.3) is 0 Å². The molecule has 2 aromatic carbocycles. The van der Waals surface area contributed by atoms with Crippen molar-refractivity contribution in [3.8, 4) is 5.75 Å². The molecule has 0 saturated heterocycles.